The van der Waals surface area contributed by atoms with Crippen molar-refractivity contribution in [3.05, 3.63) is 47.5 Å². The maximum Gasteiger partial charge on any atom is 0.343 e. The number of methoxy groups -OCH3 is 3. The maximum atomic E-state index is 12.6. The molecule has 0 radical (unpaired) electrons. The molecule has 0 aliphatic heterocycles. The van der Waals surface area contributed by atoms with Crippen LogP contribution >= 0.6 is 0 Å². The first-order valence-electron chi connectivity index (χ1n) is 7.62. The number of carbonyl (C=O) groups is 1. The summed E-state index contributed by atoms with van der Waals surface area (Å²) in [7, 11) is 4.51. The van der Waals surface area contributed by atoms with E-state index in [1.54, 1.807) is 18.2 Å². The standard InChI is InChI=1S/C19H22O5/c1-12(2)14-8-6-7-9-15(14)24-19(20)13-10-16(21-3)18(23-5)17(11-13)22-4/h6-12H,1-5H3. The second-order valence-corrected chi connectivity index (χ2v) is 5.50. The number of hydrogen-bond donors (Lipinski definition) is 0. The van der Waals surface area contributed by atoms with Gasteiger partial charge in [0.2, 0.25) is 5.75 Å². The van der Waals surface area contributed by atoms with Gasteiger partial charge < -0.3 is 18.9 Å². The lowest BCUT2D eigenvalue weighted by Gasteiger charge is -2.15. The Morgan fingerprint density at radius 1 is 0.875 bits per heavy atom. The van der Waals surface area contributed by atoms with E-state index in [4.69, 9.17) is 18.9 Å². The Morgan fingerprint density at radius 2 is 1.46 bits per heavy atom. The Kier molecular flexibility index (Phi) is 5.68. The summed E-state index contributed by atoms with van der Waals surface area (Å²) < 4.78 is 21.4. The fraction of sp³-hybridized carbons (Fsp3) is 0.316. The van der Waals surface area contributed by atoms with Crippen molar-refractivity contribution in [3.8, 4) is 23.0 Å². The summed E-state index contributed by atoms with van der Waals surface area (Å²) in [5.74, 6) is 1.54. The average molecular weight is 330 g/mol. The number of benzene rings is 2. The Balaban J connectivity index is 2.37. The van der Waals surface area contributed by atoms with Crippen LogP contribution in [0.25, 0.3) is 0 Å². The normalized spacial score (nSPS) is 10.4. The second-order valence-electron chi connectivity index (χ2n) is 5.50. The highest BCUT2D eigenvalue weighted by Gasteiger charge is 2.19. The van der Waals surface area contributed by atoms with Gasteiger partial charge in [0, 0.05) is 0 Å². The summed E-state index contributed by atoms with van der Waals surface area (Å²) in [6.45, 7) is 4.10. The molecule has 128 valence electrons. The van der Waals surface area contributed by atoms with Crippen molar-refractivity contribution in [3.63, 3.8) is 0 Å². The van der Waals surface area contributed by atoms with Crippen LogP contribution in [0.15, 0.2) is 36.4 Å². The van der Waals surface area contributed by atoms with Gasteiger partial charge in [0.1, 0.15) is 5.75 Å². The van der Waals surface area contributed by atoms with Crippen LogP contribution in [0.4, 0.5) is 0 Å². The van der Waals surface area contributed by atoms with Crippen molar-refractivity contribution >= 4 is 5.97 Å². The van der Waals surface area contributed by atoms with E-state index in [0.29, 0.717) is 28.6 Å². The third-order valence-electron chi connectivity index (χ3n) is 3.64. The average Bonchev–Trinajstić information content (AvgIpc) is 2.60. The number of ether oxygens (including phenoxy) is 4. The third kappa shape index (κ3) is 3.62. The Hall–Kier alpha value is -2.69. The monoisotopic (exact) mass is 330 g/mol. The molecule has 0 heterocycles. The predicted octanol–water partition coefficient (Wildman–Crippen LogP) is 4.06. The molecule has 2 aromatic rings. The summed E-state index contributed by atoms with van der Waals surface area (Å²) in [6.07, 6.45) is 0. The number of hydrogen-bond acceptors (Lipinski definition) is 5. The summed E-state index contributed by atoms with van der Waals surface area (Å²) in [6, 6.07) is 10.6. The van der Waals surface area contributed by atoms with Crippen LogP contribution in [-0.2, 0) is 0 Å². The highest BCUT2D eigenvalue weighted by Crippen LogP contribution is 2.38. The molecular formula is C19H22O5. The lowest BCUT2D eigenvalue weighted by atomic mass is 10.0. The van der Waals surface area contributed by atoms with Gasteiger partial charge in [0.15, 0.2) is 11.5 Å². The molecule has 0 fully saturated rings. The highest BCUT2D eigenvalue weighted by molar-refractivity contribution is 5.92. The Labute approximate surface area is 142 Å². The van der Waals surface area contributed by atoms with Gasteiger partial charge in [-0.1, -0.05) is 32.0 Å². The van der Waals surface area contributed by atoms with E-state index in [9.17, 15) is 4.79 Å². The van der Waals surface area contributed by atoms with Gasteiger partial charge in [0.25, 0.3) is 0 Å². The van der Waals surface area contributed by atoms with Gasteiger partial charge in [-0.2, -0.15) is 0 Å². The van der Waals surface area contributed by atoms with E-state index in [1.165, 1.54) is 21.3 Å². The second kappa shape index (κ2) is 7.73. The number of carbonyl (C=O) groups excluding carboxylic acids is 1. The molecule has 0 aliphatic rings. The van der Waals surface area contributed by atoms with Gasteiger partial charge in [-0.15, -0.1) is 0 Å². The van der Waals surface area contributed by atoms with Gasteiger partial charge in [-0.05, 0) is 29.7 Å². The minimum atomic E-state index is -0.484. The molecule has 0 aromatic heterocycles. The third-order valence-corrected chi connectivity index (χ3v) is 3.64. The van der Waals surface area contributed by atoms with Gasteiger partial charge in [-0.3, -0.25) is 0 Å². The van der Waals surface area contributed by atoms with Gasteiger partial charge in [-0.25, -0.2) is 4.79 Å². The van der Waals surface area contributed by atoms with Crippen LogP contribution in [0, 0.1) is 0 Å². The van der Waals surface area contributed by atoms with E-state index in [-0.39, 0.29) is 5.92 Å². The van der Waals surface area contributed by atoms with Crippen molar-refractivity contribution in [1.29, 1.82) is 0 Å². The predicted molar refractivity (Wildman–Crippen MR) is 91.6 cm³/mol. The largest absolute Gasteiger partial charge is 0.493 e. The van der Waals surface area contributed by atoms with E-state index in [0.717, 1.165) is 5.56 Å². The molecule has 0 N–H and O–H groups in total. The zero-order chi connectivity index (χ0) is 17.7. The molecule has 2 aromatic carbocycles. The van der Waals surface area contributed by atoms with Crippen LogP contribution in [0.1, 0.15) is 35.7 Å². The van der Waals surface area contributed by atoms with Gasteiger partial charge >= 0.3 is 5.97 Å². The van der Waals surface area contributed by atoms with Crippen molar-refractivity contribution in [2.24, 2.45) is 0 Å². The molecule has 0 amide bonds. The van der Waals surface area contributed by atoms with Crippen molar-refractivity contribution in [1.82, 2.24) is 0 Å². The number of para-hydroxylation sites is 1. The van der Waals surface area contributed by atoms with Crippen LogP contribution in [0.3, 0.4) is 0 Å². The molecule has 0 aliphatic carbocycles. The minimum Gasteiger partial charge on any atom is -0.493 e. The van der Waals surface area contributed by atoms with E-state index in [1.807, 2.05) is 32.0 Å². The molecule has 5 nitrogen and oxygen atoms in total. The van der Waals surface area contributed by atoms with Crippen molar-refractivity contribution in [2.75, 3.05) is 21.3 Å². The SMILES string of the molecule is COc1cc(C(=O)Oc2ccccc2C(C)C)cc(OC)c1OC. The summed E-state index contributed by atoms with van der Waals surface area (Å²) >= 11 is 0. The highest BCUT2D eigenvalue weighted by atomic mass is 16.5. The topological polar surface area (TPSA) is 54.0 Å². The molecule has 0 saturated carbocycles. The van der Waals surface area contributed by atoms with Crippen LogP contribution in [0.2, 0.25) is 0 Å². The fourth-order valence-electron chi connectivity index (χ4n) is 2.41. The molecule has 2 rings (SSSR count). The van der Waals surface area contributed by atoms with E-state index in [2.05, 4.69) is 0 Å². The molecular weight excluding hydrogens is 308 g/mol. The minimum absolute atomic E-state index is 0.244. The van der Waals surface area contributed by atoms with Crippen LogP contribution in [-0.4, -0.2) is 27.3 Å². The first kappa shape index (κ1) is 17.7. The molecule has 24 heavy (non-hydrogen) atoms. The first-order chi connectivity index (χ1) is 11.5. The van der Waals surface area contributed by atoms with Crippen molar-refractivity contribution in [2.45, 2.75) is 19.8 Å². The lowest BCUT2D eigenvalue weighted by Crippen LogP contribution is -2.11. The molecule has 0 spiro atoms. The fourth-order valence-corrected chi connectivity index (χ4v) is 2.41. The van der Waals surface area contributed by atoms with Gasteiger partial charge in [0.05, 0.1) is 26.9 Å². The summed E-state index contributed by atoms with van der Waals surface area (Å²) in [5.41, 5.74) is 1.29. The zero-order valence-corrected chi connectivity index (χ0v) is 14.6. The molecule has 0 saturated heterocycles. The first-order valence-corrected chi connectivity index (χ1v) is 7.62. The smallest absolute Gasteiger partial charge is 0.343 e. The number of rotatable bonds is 6. The number of esters is 1. The molecule has 5 heteroatoms. The lowest BCUT2D eigenvalue weighted by molar-refractivity contribution is 0.0732. The van der Waals surface area contributed by atoms with Crippen molar-refractivity contribution < 1.29 is 23.7 Å². The van der Waals surface area contributed by atoms with E-state index < -0.39 is 5.97 Å². The van der Waals surface area contributed by atoms with Crippen LogP contribution < -0.4 is 18.9 Å². The quantitative estimate of drug-likeness (QED) is 0.591. The van der Waals surface area contributed by atoms with Crippen LogP contribution in [0.5, 0.6) is 23.0 Å². The Bertz CT molecular complexity index is 696. The van der Waals surface area contributed by atoms with E-state index >= 15 is 0 Å². The molecule has 0 unspecified atom stereocenters. The molecule has 0 bridgehead atoms. The summed E-state index contributed by atoms with van der Waals surface area (Å²) in [4.78, 5) is 12.6. The maximum absolute atomic E-state index is 12.6. The zero-order valence-electron chi connectivity index (χ0n) is 14.6. The Morgan fingerprint density at radius 3 is 1.96 bits per heavy atom. The summed E-state index contributed by atoms with van der Waals surface area (Å²) in [5, 5.41) is 0. The molecule has 0 atom stereocenters.